The summed E-state index contributed by atoms with van der Waals surface area (Å²) in [7, 11) is 0. The summed E-state index contributed by atoms with van der Waals surface area (Å²) in [6, 6.07) is 4.27. The van der Waals surface area contributed by atoms with Crippen molar-refractivity contribution in [3.8, 4) is 0 Å². The minimum atomic E-state index is 0.421. The summed E-state index contributed by atoms with van der Waals surface area (Å²) < 4.78 is 1.20. The van der Waals surface area contributed by atoms with Gasteiger partial charge in [-0.15, -0.1) is 11.3 Å². The Bertz CT molecular complexity index is 340. The molecule has 1 aromatic heterocycles. The van der Waals surface area contributed by atoms with Gasteiger partial charge in [0.1, 0.15) is 5.78 Å². The molecule has 0 saturated carbocycles. The molecule has 0 amide bonds. The third-order valence-electron chi connectivity index (χ3n) is 2.72. The lowest BCUT2D eigenvalue weighted by Gasteiger charge is -2.25. The van der Waals surface area contributed by atoms with E-state index in [1.165, 1.54) is 8.66 Å². The van der Waals surface area contributed by atoms with Crippen LogP contribution in [0.4, 0.5) is 0 Å². The van der Waals surface area contributed by atoms with E-state index in [0.29, 0.717) is 5.78 Å². The summed E-state index contributed by atoms with van der Waals surface area (Å²) in [6.45, 7) is 2.98. The molecule has 0 bridgehead atoms. The molecule has 1 aromatic rings. The fourth-order valence-electron chi connectivity index (χ4n) is 1.78. The first kappa shape index (κ1) is 11.3. The van der Waals surface area contributed by atoms with E-state index in [1.54, 1.807) is 11.3 Å². The molecule has 0 aromatic carbocycles. The zero-order chi connectivity index (χ0) is 10.7. The third-order valence-corrected chi connectivity index (χ3v) is 4.40. The van der Waals surface area contributed by atoms with Crippen LogP contribution in [0.5, 0.6) is 0 Å². The van der Waals surface area contributed by atoms with Crippen molar-refractivity contribution in [2.75, 3.05) is 19.6 Å². The van der Waals surface area contributed by atoms with E-state index in [0.717, 1.165) is 38.9 Å². The lowest BCUT2D eigenvalue weighted by Crippen LogP contribution is -2.35. The van der Waals surface area contributed by atoms with Gasteiger partial charge >= 0.3 is 0 Å². The molecule has 0 aliphatic carbocycles. The van der Waals surface area contributed by atoms with Crippen LogP contribution in [0.1, 0.15) is 17.7 Å². The van der Waals surface area contributed by atoms with Crippen LogP contribution in [-0.2, 0) is 11.2 Å². The van der Waals surface area contributed by atoms with Crippen LogP contribution < -0.4 is 0 Å². The first-order valence-corrected chi connectivity index (χ1v) is 6.83. The Morgan fingerprint density at radius 1 is 1.33 bits per heavy atom. The monoisotopic (exact) mass is 287 g/mol. The lowest BCUT2D eigenvalue weighted by molar-refractivity contribution is -0.121. The van der Waals surface area contributed by atoms with Gasteiger partial charge < -0.3 is 4.90 Å². The van der Waals surface area contributed by atoms with Crippen molar-refractivity contribution in [3.63, 3.8) is 0 Å². The van der Waals surface area contributed by atoms with Gasteiger partial charge in [-0.05, 0) is 34.5 Å². The van der Waals surface area contributed by atoms with Gasteiger partial charge in [0.15, 0.2) is 0 Å². The molecule has 2 rings (SSSR count). The Labute approximate surface area is 102 Å². The highest BCUT2D eigenvalue weighted by molar-refractivity contribution is 9.11. The maximum Gasteiger partial charge on any atom is 0.135 e. The zero-order valence-corrected chi connectivity index (χ0v) is 10.9. The van der Waals surface area contributed by atoms with Gasteiger partial charge in [-0.3, -0.25) is 4.79 Å². The number of likely N-dealkylation sites (tertiary alicyclic amines) is 1. The molecule has 15 heavy (non-hydrogen) atoms. The highest BCUT2D eigenvalue weighted by Crippen LogP contribution is 2.22. The fraction of sp³-hybridized carbons (Fsp3) is 0.545. The highest BCUT2D eigenvalue weighted by atomic mass is 79.9. The second-order valence-electron chi connectivity index (χ2n) is 3.84. The van der Waals surface area contributed by atoms with E-state index < -0.39 is 0 Å². The molecule has 1 aliphatic rings. The smallest absolute Gasteiger partial charge is 0.135 e. The van der Waals surface area contributed by atoms with Gasteiger partial charge in [0.2, 0.25) is 0 Å². The molecule has 1 aliphatic heterocycles. The van der Waals surface area contributed by atoms with E-state index >= 15 is 0 Å². The molecular formula is C11H14BrNOS. The molecule has 2 nitrogen and oxygen atoms in total. The standard InChI is InChI=1S/C11H14BrNOS/c12-11-2-1-10(15-11)5-8-13-6-3-9(14)4-7-13/h1-2H,3-8H2. The van der Waals surface area contributed by atoms with E-state index in [9.17, 15) is 4.79 Å². The Hall–Kier alpha value is -0.190. The van der Waals surface area contributed by atoms with Crippen LogP contribution in [0, 0.1) is 0 Å². The Balaban J connectivity index is 1.76. The number of hydrogen-bond acceptors (Lipinski definition) is 3. The Kier molecular flexibility index (Phi) is 3.94. The van der Waals surface area contributed by atoms with Gasteiger partial charge in [0, 0.05) is 37.4 Å². The predicted octanol–water partition coefficient (Wildman–Crippen LogP) is 2.72. The van der Waals surface area contributed by atoms with E-state index in [2.05, 4.69) is 33.0 Å². The quantitative estimate of drug-likeness (QED) is 0.852. The predicted molar refractivity (Wildman–Crippen MR) is 66.4 cm³/mol. The van der Waals surface area contributed by atoms with Gasteiger partial charge in [-0.25, -0.2) is 0 Å². The number of piperidine rings is 1. The van der Waals surface area contributed by atoms with Crippen molar-refractivity contribution in [1.82, 2.24) is 4.90 Å². The molecule has 1 saturated heterocycles. The normalized spacial score (nSPS) is 18.3. The summed E-state index contributed by atoms with van der Waals surface area (Å²) >= 11 is 5.27. The second-order valence-corrected chi connectivity index (χ2v) is 6.38. The summed E-state index contributed by atoms with van der Waals surface area (Å²) in [5.74, 6) is 0.421. The Morgan fingerprint density at radius 2 is 2.07 bits per heavy atom. The van der Waals surface area contributed by atoms with Crippen molar-refractivity contribution in [3.05, 3.63) is 20.8 Å². The number of hydrogen-bond donors (Lipinski definition) is 0. The second kappa shape index (κ2) is 5.23. The zero-order valence-electron chi connectivity index (χ0n) is 8.54. The summed E-state index contributed by atoms with van der Waals surface area (Å²) in [4.78, 5) is 14.9. The minimum Gasteiger partial charge on any atom is -0.302 e. The van der Waals surface area contributed by atoms with Gasteiger partial charge in [0.05, 0.1) is 3.79 Å². The van der Waals surface area contributed by atoms with Crippen molar-refractivity contribution < 1.29 is 4.79 Å². The molecular weight excluding hydrogens is 274 g/mol. The average molecular weight is 288 g/mol. The third kappa shape index (κ3) is 3.40. The number of thiophene rings is 1. The van der Waals surface area contributed by atoms with Crippen molar-refractivity contribution in [1.29, 1.82) is 0 Å². The first-order chi connectivity index (χ1) is 7.24. The summed E-state index contributed by atoms with van der Waals surface area (Å²) in [5.41, 5.74) is 0. The first-order valence-electron chi connectivity index (χ1n) is 5.22. The molecule has 0 radical (unpaired) electrons. The van der Waals surface area contributed by atoms with Gasteiger partial charge in [0.25, 0.3) is 0 Å². The topological polar surface area (TPSA) is 20.3 Å². The number of carbonyl (C=O) groups excluding carboxylic acids is 1. The van der Waals surface area contributed by atoms with Crippen LogP contribution in [0.15, 0.2) is 15.9 Å². The van der Waals surface area contributed by atoms with E-state index in [4.69, 9.17) is 0 Å². The maximum atomic E-state index is 11.1. The van der Waals surface area contributed by atoms with E-state index in [1.807, 2.05) is 0 Å². The number of nitrogens with zero attached hydrogens (tertiary/aromatic N) is 1. The van der Waals surface area contributed by atoms with Crippen LogP contribution in [-0.4, -0.2) is 30.3 Å². The number of halogens is 1. The lowest BCUT2D eigenvalue weighted by atomic mass is 10.1. The van der Waals surface area contributed by atoms with Gasteiger partial charge in [-0.1, -0.05) is 0 Å². The number of ketones is 1. The molecule has 0 atom stereocenters. The van der Waals surface area contributed by atoms with Crippen molar-refractivity contribution in [2.45, 2.75) is 19.3 Å². The number of carbonyl (C=O) groups is 1. The number of rotatable bonds is 3. The van der Waals surface area contributed by atoms with E-state index in [-0.39, 0.29) is 0 Å². The molecule has 0 N–H and O–H groups in total. The molecule has 2 heterocycles. The largest absolute Gasteiger partial charge is 0.302 e. The molecule has 82 valence electrons. The maximum absolute atomic E-state index is 11.1. The van der Waals surface area contributed by atoms with Gasteiger partial charge in [-0.2, -0.15) is 0 Å². The van der Waals surface area contributed by atoms with Crippen LogP contribution in [0.25, 0.3) is 0 Å². The Morgan fingerprint density at radius 3 is 2.67 bits per heavy atom. The van der Waals surface area contributed by atoms with Crippen LogP contribution in [0.2, 0.25) is 0 Å². The molecule has 0 unspecified atom stereocenters. The van der Waals surface area contributed by atoms with Crippen LogP contribution in [0.3, 0.4) is 0 Å². The fourth-order valence-corrected chi connectivity index (χ4v) is 3.25. The summed E-state index contributed by atoms with van der Waals surface area (Å²) in [5, 5.41) is 0. The average Bonchev–Trinajstić information content (AvgIpc) is 2.64. The minimum absolute atomic E-state index is 0.421. The molecule has 4 heteroatoms. The SMILES string of the molecule is O=C1CCN(CCc2ccc(Br)s2)CC1. The molecule has 1 fully saturated rings. The van der Waals surface area contributed by atoms with Crippen LogP contribution >= 0.6 is 27.3 Å². The van der Waals surface area contributed by atoms with Crippen molar-refractivity contribution >= 4 is 33.0 Å². The highest BCUT2D eigenvalue weighted by Gasteiger charge is 2.15. The number of Topliss-reactive ketones (excluding diaryl/α,β-unsaturated/α-hetero) is 1. The van der Waals surface area contributed by atoms with Crippen molar-refractivity contribution in [2.24, 2.45) is 0 Å². The summed E-state index contributed by atoms with van der Waals surface area (Å²) in [6.07, 6.45) is 2.59. The molecule has 0 spiro atoms.